The number of rotatable bonds is 12. The van der Waals surface area contributed by atoms with Crippen molar-refractivity contribution in [2.24, 2.45) is 0 Å². The van der Waals surface area contributed by atoms with Crippen LogP contribution in [-0.4, -0.2) is 54.7 Å². The zero-order valence-electron chi connectivity index (χ0n) is 19.8. The van der Waals surface area contributed by atoms with E-state index in [0.29, 0.717) is 28.0 Å². The van der Waals surface area contributed by atoms with Gasteiger partial charge in [0.15, 0.2) is 0 Å². The first kappa shape index (κ1) is 30.2. The molecule has 0 aliphatic carbocycles. The Kier molecular flexibility index (Phi) is 10.9. The summed E-state index contributed by atoms with van der Waals surface area (Å²) in [6.45, 7) is 3.71. The van der Waals surface area contributed by atoms with Gasteiger partial charge < -0.3 is 29.6 Å². The van der Waals surface area contributed by atoms with Crippen molar-refractivity contribution >= 4 is 55.4 Å². The van der Waals surface area contributed by atoms with Gasteiger partial charge >= 0.3 is 21.3 Å². The van der Waals surface area contributed by atoms with Gasteiger partial charge in [-0.1, -0.05) is 31.4 Å². The highest BCUT2D eigenvalue weighted by molar-refractivity contribution is 7.70. The van der Waals surface area contributed by atoms with E-state index in [1.165, 1.54) is 4.90 Å². The molecule has 0 saturated carbocycles. The number of anilines is 1. The van der Waals surface area contributed by atoms with Crippen molar-refractivity contribution in [1.29, 1.82) is 0 Å². The number of pyridine rings is 1. The molecule has 1 atom stereocenters. The van der Waals surface area contributed by atoms with Gasteiger partial charge in [0.25, 0.3) is 0 Å². The smallest absolute Gasteiger partial charge is 0.414 e. The quantitative estimate of drug-likeness (QED) is 0.186. The summed E-state index contributed by atoms with van der Waals surface area (Å²) in [4.78, 5) is 67.3. The number of unbranched alkanes of at least 4 members (excludes halogenated alkanes) is 1. The van der Waals surface area contributed by atoms with E-state index in [1.54, 1.807) is 35.8 Å². The molecule has 0 spiro atoms. The van der Waals surface area contributed by atoms with Crippen LogP contribution in [0.1, 0.15) is 46.0 Å². The molecular formula is C21H30ClN3O9P2. The number of carbonyl (C=O) groups is 2. The summed E-state index contributed by atoms with van der Waals surface area (Å²) >= 11 is 6.07. The molecule has 1 aromatic carbocycles. The van der Waals surface area contributed by atoms with Crippen LogP contribution in [0.2, 0.25) is 5.02 Å². The van der Waals surface area contributed by atoms with Crippen LogP contribution in [0.5, 0.6) is 0 Å². The molecule has 1 aromatic heterocycles. The van der Waals surface area contributed by atoms with Crippen LogP contribution < -0.4 is 10.2 Å². The molecular weight excluding hydrogens is 536 g/mol. The van der Waals surface area contributed by atoms with Gasteiger partial charge in [-0.15, -0.1) is 0 Å². The van der Waals surface area contributed by atoms with Crippen LogP contribution in [0.15, 0.2) is 30.5 Å². The molecule has 0 radical (unpaired) electrons. The molecule has 0 bridgehead atoms. The third kappa shape index (κ3) is 8.52. The van der Waals surface area contributed by atoms with E-state index in [4.69, 9.17) is 35.9 Å². The van der Waals surface area contributed by atoms with Crippen molar-refractivity contribution in [3.63, 3.8) is 0 Å². The largest absolute Gasteiger partial charge is 0.449 e. The monoisotopic (exact) mass is 565 g/mol. The fraction of sp³-hybridized carbons (Fsp3) is 0.476. The molecule has 5 N–H and O–H groups in total. The van der Waals surface area contributed by atoms with Crippen LogP contribution in [0, 0.1) is 0 Å². The molecule has 12 nitrogen and oxygen atoms in total. The number of halogens is 1. The standard InChI is InChI=1S/C21H30ClN3O9P2/c1-3-4-6-14(2)25(18-10-11-23-17-13-15(22)8-9-16(17)18)21(27)34-12-5-7-19(26)24-20(35(28,29)30)36(31,32)33/h8-11,13-14,20H,3-7,12H2,1-2H3,(H,24,26)(H2,28,29,30)(H2,31,32,33). The molecule has 1 unspecified atom stereocenters. The third-order valence-electron chi connectivity index (χ3n) is 5.26. The molecule has 0 aliphatic rings. The number of nitrogens with one attached hydrogen (secondary N) is 1. The Labute approximate surface area is 213 Å². The van der Waals surface area contributed by atoms with E-state index < -0.39 is 32.7 Å². The Bertz CT molecular complexity index is 1150. The number of benzene rings is 1. The zero-order valence-corrected chi connectivity index (χ0v) is 22.3. The van der Waals surface area contributed by atoms with E-state index in [1.807, 2.05) is 13.8 Å². The van der Waals surface area contributed by atoms with Crippen molar-refractivity contribution in [2.75, 3.05) is 11.5 Å². The maximum absolute atomic E-state index is 13.1. The van der Waals surface area contributed by atoms with Crippen molar-refractivity contribution in [3.05, 3.63) is 35.5 Å². The lowest BCUT2D eigenvalue weighted by molar-refractivity contribution is -0.121. The van der Waals surface area contributed by atoms with Crippen LogP contribution >= 0.6 is 26.8 Å². The summed E-state index contributed by atoms with van der Waals surface area (Å²) in [5.41, 5.74) is -1.46. The lowest BCUT2D eigenvalue weighted by atomic mass is 10.1. The maximum Gasteiger partial charge on any atom is 0.414 e. The van der Waals surface area contributed by atoms with E-state index in [9.17, 15) is 18.7 Å². The first-order chi connectivity index (χ1) is 16.8. The van der Waals surface area contributed by atoms with Crippen molar-refractivity contribution in [3.8, 4) is 0 Å². The first-order valence-corrected chi connectivity index (χ1v) is 14.9. The Balaban J connectivity index is 2.10. The van der Waals surface area contributed by atoms with Gasteiger partial charge in [0.2, 0.25) is 11.4 Å². The van der Waals surface area contributed by atoms with Gasteiger partial charge in [0, 0.05) is 29.1 Å². The lowest BCUT2D eigenvalue weighted by Gasteiger charge is -2.29. The molecule has 1 heterocycles. The van der Waals surface area contributed by atoms with E-state index in [2.05, 4.69) is 4.98 Å². The molecule has 0 saturated heterocycles. The number of carbonyl (C=O) groups excluding carboxylic acids is 2. The lowest BCUT2D eigenvalue weighted by Crippen LogP contribution is -2.39. The summed E-state index contributed by atoms with van der Waals surface area (Å²) < 4.78 is 28.0. The molecule has 2 rings (SSSR count). The summed E-state index contributed by atoms with van der Waals surface area (Å²) in [6, 6.07) is 6.60. The third-order valence-corrected chi connectivity index (χ3v) is 8.83. The number of amides is 2. The Morgan fingerprint density at radius 2 is 1.81 bits per heavy atom. The minimum Gasteiger partial charge on any atom is -0.449 e. The summed E-state index contributed by atoms with van der Waals surface area (Å²) in [5.74, 6) is -1.01. The molecule has 2 amide bonds. The fourth-order valence-electron chi connectivity index (χ4n) is 3.50. The highest BCUT2D eigenvalue weighted by atomic mass is 35.5. The van der Waals surface area contributed by atoms with Gasteiger partial charge in [-0.2, -0.15) is 0 Å². The zero-order chi connectivity index (χ0) is 27.1. The predicted molar refractivity (Wildman–Crippen MR) is 135 cm³/mol. The highest BCUT2D eigenvalue weighted by Crippen LogP contribution is 2.58. The van der Waals surface area contributed by atoms with Crippen LogP contribution in [-0.2, 0) is 18.7 Å². The highest BCUT2D eigenvalue weighted by Gasteiger charge is 2.44. The van der Waals surface area contributed by atoms with Crippen LogP contribution in [0.4, 0.5) is 10.5 Å². The summed E-state index contributed by atoms with van der Waals surface area (Å²) in [6.07, 6.45) is 2.98. The van der Waals surface area contributed by atoms with Gasteiger partial charge in [-0.3, -0.25) is 23.8 Å². The first-order valence-electron chi connectivity index (χ1n) is 11.2. The van der Waals surface area contributed by atoms with Crippen molar-refractivity contribution < 1.29 is 43.0 Å². The molecule has 0 aliphatic heterocycles. The topological polar surface area (TPSA) is 187 Å². The SMILES string of the molecule is CCCCC(C)N(C(=O)OCCCC(=O)NC(P(=O)(O)O)P(=O)(O)O)c1ccnc2cc(Cl)ccc12. The molecule has 0 fully saturated rings. The van der Waals surface area contributed by atoms with Crippen LogP contribution in [0.25, 0.3) is 10.9 Å². The van der Waals surface area contributed by atoms with E-state index in [0.717, 1.165) is 12.8 Å². The minimum atomic E-state index is -5.30. The summed E-state index contributed by atoms with van der Waals surface area (Å²) in [7, 11) is -10.6. The fourth-order valence-corrected chi connectivity index (χ4v) is 5.86. The average Bonchev–Trinajstić information content (AvgIpc) is 2.77. The van der Waals surface area contributed by atoms with Gasteiger partial charge in [0.05, 0.1) is 17.8 Å². The number of ether oxygens (including phenoxy) is 1. The average molecular weight is 566 g/mol. The number of hydrogen-bond donors (Lipinski definition) is 5. The van der Waals surface area contributed by atoms with Crippen LogP contribution in [0.3, 0.4) is 0 Å². The number of fused-ring (bicyclic) bond motifs is 1. The number of nitrogens with zero attached hydrogens (tertiary/aromatic N) is 2. The number of hydrogen-bond acceptors (Lipinski definition) is 6. The summed E-state index contributed by atoms with van der Waals surface area (Å²) in [5, 5.41) is 2.86. The Morgan fingerprint density at radius 3 is 2.42 bits per heavy atom. The van der Waals surface area contributed by atoms with Gasteiger partial charge in [-0.25, -0.2) is 4.79 Å². The molecule has 200 valence electrons. The van der Waals surface area contributed by atoms with E-state index in [-0.39, 0.29) is 25.5 Å². The molecule has 15 heteroatoms. The number of aromatic nitrogens is 1. The Hall–Kier alpha value is -2.04. The second-order valence-corrected chi connectivity index (χ2v) is 12.4. The van der Waals surface area contributed by atoms with Crippen molar-refractivity contribution in [1.82, 2.24) is 10.3 Å². The molecule has 36 heavy (non-hydrogen) atoms. The predicted octanol–water partition coefficient (Wildman–Crippen LogP) is 3.95. The second kappa shape index (κ2) is 13.0. The van der Waals surface area contributed by atoms with Gasteiger partial charge in [-0.05, 0) is 44.0 Å². The van der Waals surface area contributed by atoms with Crippen molar-refractivity contribution in [2.45, 2.75) is 57.5 Å². The second-order valence-electron chi connectivity index (χ2n) is 8.19. The molecule has 2 aromatic rings. The normalized spacial score (nSPS) is 13.0. The van der Waals surface area contributed by atoms with Gasteiger partial charge in [0.1, 0.15) is 0 Å². The maximum atomic E-state index is 13.1. The van der Waals surface area contributed by atoms with E-state index >= 15 is 0 Å². The Morgan fingerprint density at radius 1 is 1.14 bits per heavy atom. The minimum absolute atomic E-state index is 0.0451.